The first kappa shape index (κ1) is 26.3. The van der Waals surface area contributed by atoms with Crippen LogP contribution in [0.25, 0.3) is 11.0 Å². The quantitative estimate of drug-likeness (QED) is 0.525. The number of ether oxygens (including phenoxy) is 2. The van der Waals surface area contributed by atoms with Crippen LogP contribution in [0.5, 0.6) is 5.75 Å². The van der Waals surface area contributed by atoms with Gasteiger partial charge in [0.1, 0.15) is 5.82 Å². The van der Waals surface area contributed by atoms with Gasteiger partial charge in [-0.25, -0.2) is 15.0 Å². The first-order valence-electron chi connectivity index (χ1n) is 11.6. The summed E-state index contributed by atoms with van der Waals surface area (Å²) in [5, 5.41) is 2.82. The molecule has 13 heteroatoms. The highest BCUT2D eigenvalue weighted by molar-refractivity contribution is 5.95. The number of hydrogen-bond acceptors (Lipinski definition) is 8. The number of morpholine rings is 1. The second-order valence-corrected chi connectivity index (χ2v) is 9.05. The van der Waals surface area contributed by atoms with Gasteiger partial charge in [0.15, 0.2) is 22.9 Å². The molecule has 37 heavy (non-hydrogen) atoms. The van der Waals surface area contributed by atoms with Gasteiger partial charge < -0.3 is 24.7 Å². The molecule has 0 aromatic carbocycles. The molecule has 0 aliphatic carbocycles. The second kappa shape index (κ2) is 9.96. The highest BCUT2D eigenvalue weighted by Crippen LogP contribution is 2.36. The number of alkyl halides is 3. The first-order valence-corrected chi connectivity index (χ1v) is 11.6. The number of H-pyrrole nitrogens is 1. The summed E-state index contributed by atoms with van der Waals surface area (Å²) in [7, 11) is 1.37. The predicted octanol–water partition coefficient (Wildman–Crippen LogP) is 3.47. The van der Waals surface area contributed by atoms with Gasteiger partial charge in [-0.1, -0.05) is 0 Å². The summed E-state index contributed by atoms with van der Waals surface area (Å²) in [6.45, 7) is 7.54. The molecule has 0 bridgehead atoms. The number of amides is 1. The predicted molar refractivity (Wildman–Crippen MR) is 129 cm³/mol. The average molecular weight is 521 g/mol. The summed E-state index contributed by atoms with van der Waals surface area (Å²) in [5.41, 5.74) is -2.06. The lowest BCUT2D eigenvalue weighted by Gasteiger charge is -2.35. The number of aryl methyl sites for hydroxylation is 1. The molecule has 3 aromatic heterocycles. The van der Waals surface area contributed by atoms with Crippen molar-refractivity contribution >= 4 is 22.8 Å². The molecule has 2 N–H and O–H groups in total. The number of hydrogen-bond donors (Lipinski definition) is 2. The van der Waals surface area contributed by atoms with Crippen molar-refractivity contribution < 1.29 is 27.4 Å². The molecule has 1 aliphatic rings. The molecule has 1 saturated heterocycles. The van der Waals surface area contributed by atoms with E-state index < -0.39 is 23.5 Å². The van der Waals surface area contributed by atoms with Gasteiger partial charge in [-0.3, -0.25) is 9.59 Å². The Bertz CT molecular complexity index is 1380. The molecule has 4 rings (SSSR count). The SMILES string of the molecule is COc1cc(C(=O)N2CC(C)OC(C)C2)cnc1NC(C)c1cc2c(=O)[nH]c(C)nc2nc1C(F)(F)F. The molecule has 0 saturated carbocycles. The van der Waals surface area contributed by atoms with E-state index in [0.29, 0.717) is 13.1 Å². The monoisotopic (exact) mass is 520 g/mol. The lowest BCUT2D eigenvalue weighted by atomic mass is 10.0. The van der Waals surface area contributed by atoms with Crippen LogP contribution in [0.4, 0.5) is 19.0 Å². The van der Waals surface area contributed by atoms with Crippen molar-refractivity contribution in [2.75, 3.05) is 25.5 Å². The fourth-order valence-electron chi connectivity index (χ4n) is 4.38. The van der Waals surface area contributed by atoms with E-state index in [1.807, 2.05) is 13.8 Å². The number of aromatic amines is 1. The summed E-state index contributed by atoms with van der Waals surface area (Å²) >= 11 is 0. The zero-order valence-corrected chi connectivity index (χ0v) is 20.9. The van der Waals surface area contributed by atoms with Crippen LogP contribution in [0, 0.1) is 6.92 Å². The molecule has 1 amide bonds. The Morgan fingerprint density at radius 3 is 2.54 bits per heavy atom. The number of halogens is 3. The Morgan fingerprint density at radius 1 is 1.24 bits per heavy atom. The fraction of sp³-hybridized carbons (Fsp3) is 0.458. The number of anilines is 1. The number of methoxy groups -OCH3 is 1. The van der Waals surface area contributed by atoms with E-state index in [1.165, 1.54) is 33.2 Å². The zero-order valence-electron chi connectivity index (χ0n) is 20.9. The molecule has 4 heterocycles. The molecular weight excluding hydrogens is 493 g/mol. The van der Waals surface area contributed by atoms with E-state index in [1.54, 1.807) is 4.90 Å². The van der Waals surface area contributed by atoms with E-state index >= 15 is 0 Å². The molecule has 0 radical (unpaired) electrons. The van der Waals surface area contributed by atoms with Gasteiger partial charge in [-0.15, -0.1) is 0 Å². The van der Waals surface area contributed by atoms with Gasteiger partial charge in [0.05, 0.1) is 36.3 Å². The van der Waals surface area contributed by atoms with Crippen molar-refractivity contribution in [2.24, 2.45) is 0 Å². The standard InChI is InChI=1S/C24H27F3N6O4/c1-11-9-33(10-12(2)37-11)23(35)15-6-18(36-5)21(28-8-15)29-13(3)16-7-17-20(30-14(4)31-22(17)34)32-19(16)24(25,26)27/h6-8,11-13H,9-10H2,1-5H3,(H,28,29)(H,30,31,32,34). The maximum Gasteiger partial charge on any atom is 0.433 e. The minimum atomic E-state index is -4.79. The minimum Gasteiger partial charge on any atom is -0.493 e. The maximum absolute atomic E-state index is 13.9. The third kappa shape index (κ3) is 5.50. The number of fused-ring (bicyclic) bond motifs is 1. The van der Waals surface area contributed by atoms with Gasteiger partial charge in [0.2, 0.25) is 0 Å². The Labute approximate surface area is 210 Å². The van der Waals surface area contributed by atoms with E-state index in [4.69, 9.17) is 9.47 Å². The highest BCUT2D eigenvalue weighted by Gasteiger charge is 2.38. The highest BCUT2D eigenvalue weighted by atomic mass is 19.4. The van der Waals surface area contributed by atoms with Crippen LogP contribution in [0.15, 0.2) is 23.1 Å². The molecule has 10 nitrogen and oxygen atoms in total. The van der Waals surface area contributed by atoms with E-state index in [2.05, 4.69) is 25.3 Å². The van der Waals surface area contributed by atoms with Crippen LogP contribution < -0.4 is 15.6 Å². The van der Waals surface area contributed by atoms with Crippen LogP contribution in [-0.4, -0.2) is 63.2 Å². The maximum atomic E-state index is 13.9. The Kier molecular flexibility index (Phi) is 7.09. The normalized spacial score (nSPS) is 19.1. The number of carbonyl (C=O) groups is 1. The summed E-state index contributed by atoms with van der Waals surface area (Å²) in [5.74, 6) is 0.193. The van der Waals surface area contributed by atoms with Crippen LogP contribution >= 0.6 is 0 Å². The fourth-order valence-corrected chi connectivity index (χ4v) is 4.38. The van der Waals surface area contributed by atoms with E-state index in [9.17, 15) is 22.8 Å². The molecule has 0 spiro atoms. The van der Waals surface area contributed by atoms with Crippen molar-refractivity contribution in [2.45, 2.75) is 52.1 Å². The van der Waals surface area contributed by atoms with Gasteiger partial charge in [-0.05, 0) is 39.8 Å². The number of nitrogens with one attached hydrogen (secondary N) is 2. The van der Waals surface area contributed by atoms with Crippen LogP contribution in [0.1, 0.15) is 54.3 Å². The van der Waals surface area contributed by atoms with Gasteiger partial charge in [0, 0.05) is 24.8 Å². The second-order valence-electron chi connectivity index (χ2n) is 9.05. The lowest BCUT2D eigenvalue weighted by molar-refractivity contribution is -0.141. The largest absolute Gasteiger partial charge is 0.493 e. The van der Waals surface area contributed by atoms with Crippen molar-refractivity contribution in [1.29, 1.82) is 0 Å². The van der Waals surface area contributed by atoms with Crippen molar-refractivity contribution in [3.05, 3.63) is 51.3 Å². The molecule has 1 aliphatic heterocycles. The van der Waals surface area contributed by atoms with Gasteiger partial charge in [0.25, 0.3) is 11.5 Å². The number of aromatic nitrogens is 4. The third-order valence-corrected chi connectivity index (χ3v) is 5.96. The van der Waals surface area contributed by atoms with E-state index in [0.717, 1.165) is 6.07 Å². The topological polar surface area (TPSA) is 122 Å². The Hall–Kier alpha value is -3.74. The molecular formula is C24H27F3N6O4. The van der Waals surface area contributed by atoms with Crippen molar-refractivity contribution in [3.63, 3.8) is 0 Å². The lowest BCUT2D eigenvalue weighted by Crippen LogP contribution is -2.48. The van der Waals surface area contributed by atoms with Crippen LogP contribution in [0.2, 0.25) is 0 Å². The zero-order chi connectivity index (χ0) is 27.1. The Balaban J connectivity index is 1.66. The molecule has 198 valence electrons. The summed E-state index contributed by atoms with van der Waals surface area (Å²) in [6, 6.07) is 1.62. The average Bonchev–Trinajstić information content (AvgIpc) is 2.81. The van der Waals surface area contributed by atoms with Crippen LogP contribution in [-0.2, 0) is 10.9 Å². The van der Waals surface area contributed by atoms with Crippen molar-refractivity contribution in [1.82, 2.24) is 24.8 Å². The number of nitrogens with zero attached hydrogens (tertiary/aromatic N) is 4. The molecule has 1 fully saturated rings. The minimum absolute atomic E-state index is 0.0721. The van der Waals surface area contributed by atoms with Crippen molar-refractivity contribution in [3.8, 4) is 5.75 Å². The third-order valence-electron chi connectivity index (χ3n) is 5.96. The molecule has 3 atom stereocenters. The summed E-state index contributed by atoms with van der Waals surface area (Å²) in [4.78, 5) is 41.4. The van der Waals surface area contributed by atoms with Crippen LogP contribution in [0.3, 0.4) is 0 Å². The number of carbonyl (C=O) groups excluding carboxylic acids is 1. The number of rotatable bonds is 5. The number of pyridine rings is 2. The Morgan fingerprint density at radius 2 is 1.92 bits per heavy atom. The summed E-state index contributed by atoms with van der Waals surface area (Å²) < 4.78 is 52.8. The molecule has 3 aromatic rings. The summed E-state index contributed by atoms with van der Waals surface area (Å²) in [6.07, 6.45) is -3.69. The smallest absolute Gasteiger partial charge is 0.433 e. The first-order chi connectivity index (χ1) is 17.4. The van der Waals surface area contributed by atoms with E-state index in [-0.39, 0.29) is 57.7 Å². The molecule has 3 unspecified atom stereocenters. The van der Waals surface area contributed by atoms with Gasteiger partial charge in [-0.2, -0.15) is 13.2 Å². The van der Waals surface area contributed by atoms with Gasteiger partial charge >= 0.3 is 6.18 Å².